The molecule has 2 amide bonds. The Bertz CT molecular complexity index is 849. The van der Waals surface area contributed by atoms with Gasteiger partial charge in [-0.25, -0.2) is 4.98 Å². The molecule has 0 spiro atoms. The summed E-state index contributed by atoms with van der Waals surface area (Å²) in [7, 11) is 0. The SMILES string of the molecule is O=C1CCCN1CCCNc1ccc2c(n1)CCN(CC(=O)N1CCN(C3CCC3)CC1)C2. The highest BCUT2D eigenvalue weighted by molar-refractivity contribution is 5.78. The average Bonchev–Trinajstić information content (AvgIpc) is 3.20. The molecule has 8 heteroatoms. The number of pyridine rings is 1. The van der Waals surface area contributed by atoms with Crippen molar-refractivity contribution < 1.29 is 9.59 Å². The highest BCUT2D eigenvalue weighted by Gasteiger charge is 2.30. The zero-order valence-corrected chi connectivity index (χ0v) is 19.8. The van der Waals surface area contributed by atoms with Crippen LogP contribution in [0.1, 0.15) is 49.8 Å². The normalized spacial score (nSPS) is 22.4. The summed E-state index contributed by atoms with van der Waals surface area (Å²) in [4.78, 5) is 38.3. The second-order valence-electron chi connectivity index (χ2n) is 10.0. The van der Waals surface area contributed by atoms with Crippen LogP contribution in [0.15, 0.2) is 12.1 Å². The highest BCUT2D eigenvalue weighted by atomic mass is 16.2. The van der Waals surface area contributed by atoms with E-state index < -0.39 is 0 Å². The molecule has 8 nitrogen and oxygen atoms in total. The van der Waals surface area contributed by atoms with E-state index in [1.54, 1.807) is 0 Å². The van der Waals surface area contributed by atoms with E-state index in [4.69, 9.17) is 4.98 Å². The van der Waals surface area contributed by atoms with E-state index in [-0.39, 0.29) is 5.91 Å². The van der Waals surface area contributed by atoms with E-state index in [0.29, 0.717) is 18.9 Å². The Morgan fingerprint density at radius 3 is 2.61 bits per heavy atom. The number of anilines is 1. The summed E-state index contributed by atoms with van der Waals surface area (Å²) in [5.41, 5.74) is 2.38. The quantitative estimate of drug-likeness (QED) is 0.601. The molecule has 0 bridgehead atoms. The summed E-state index contributed by atoms with van der Waals surface area (Å²) in [6.45, 7) is 8.58. The Balaban J connectivity index is 1.04. The zero-order chi connectivity index (χ0) is 22.6. The van der Waals surface area contributed by atoms with Crippen molar-refractivity contribution in [2.75, 3.05) is 64.2 Å². The van der Waals surface area contributed by atoms with Gasteiger partial charge in [-0.15, -0.1) is 0 Å². The van der Waals surface area contributed by atoms with E-state index in [9.17, 15) is 9.59 Å². The predicted octanol–water partition coefficient (Wildman–Crippen LogP) is 1.56. The molecule has 1 aliphatic carbocycles. The van der Waals surface area contributed by atoms with Gasteiger partial charge in [0.1, 0.15) is 5.82 Å². The molecule has 4 aliphatic rings. The van der Waals surface area contributed by atoms with E-state index in [1.165, 1.54) is 24.8 Å². The third-order valence-corrected chi connectivity index (χ3v) is 7.83. The molecule has 1 aromatic heterocycles. The lowest BCUT2D eigenvalue weighted by molar-refractivity contribution is -0.135. The smallest absolute Gasteiger partial charge is 0.236 e. The molecule has 33 heavy (non-hydrogen) atoms. The third-order valence-electron chi connectivity index (χ3n) is 7.83. The first-order chi connectivity index (χ1) is 16.2. The lowest BCUT2D eigenvalue weighted by atomic mass is 9.91. The maximum atomic E-state index is 12.9. The van der Waals surface area contributed by atoms with Gasteiger partial charge in [0.15, 0.2) is 0 Å². The van der Waals surface area contributed by atoms with Crippen LogP contribution in [0.25, 0.3) is 0 Å². The fraction of sp³-hybridized carbons (Fsp3) is 0.720. The Labute approximate surface area is 197 Å². The van der Waals surface area contributed by atoms with Crippen molar-refractivity contribution in [2.45, 2.75) is 57.5 Å². The molecule has 1 saturated carbocycles. The van der Waals surface area contributed by atoms with Gasteiger partial charge in [0.05, 0.1) is 6.54 Å². The number of rotatable bonds is 8. The number of carbonyl (C=O) groups excluding carboxylic acids is 2. The third kappa shape index (κ3) is 5.49. The molecule has 3 aliphatic heterocycles. The minimum absolute atomic E-state index is 0.273. The minimum Gasteiger partial charge on any atom is -0.370 e. The van der Waals surface area contributed by atoms with Gasteiger partial charge in [-0.05, 0) is 37.3 Å². The van der Waals surface area contributed by atoms with Crippen LogP contribution in [-0.4, -0.2) is 101 Å². The van der Waals surface area contributed by atoms with Gasteiger partial charge in [-0.3, -0.25) is 19.4 Å². The lowest BCUT2D eigenvalue weighted by Gasteiger charge is -2.43. The molecule has 1 N–H and O–H groups in total. The summed E-state index contributed by atoms with van der Waals surface area (Å²) in [5, 5.41) is 3.41. The summed E-state index contributed by atoms with van der Waals surface area (Å²) in [6, 6.07) is 4.98. The number of amides is 2. The van der Waals surface area contributed by atoms with Crippen LogP contribution >= 0.6 is 0 Å². The number of nitrogens with one attached hydrogen (secondary N) is 1. The Kier molecular flexibility index (Phi) is 7.11. The molecule has 3 fully saturated rings. The first-order valence-electron chi connectivity index (χ1n) is 12.9. The first-order valence-corrected chi connectivity index (χ1v) is 12.9. The molecule has 1 aromatic rings. The maximum absolute atomic E-state index is 12.9. The molecule has 2 saturated heterocycles. The number of likely N-dealkylation sites (tertiary alicyclic amines) is 1. The summed E-state index contributed by atoms with van der Waals surface area (Å²) < 4.78 is 0. The predicted molar refractivity (Wildman–Crippen MR) is 128 cm³/mol. The summed E-state index contributed by atoms with van der Waals surface area (Å²) in [5.74, 6) is 1.48. The minimum atomic E-state index is 0.273. The van der Waals surface area contributed by atoms with Crippen molar-refractivity contribution >= 4 is 17.6 Å². The molecule has 0 radical (unpaired) electrons. The van der Waals surface area contributed by atoms with Gasteiger partial charge in [0, 0.05) is 83.5 Å². The summed E-state index contributed by atoms with van der Waals surface area (Å²) >= 11 is 0. The summed E-state index contributed by atoms with van der Waals surface area (Å²) in [6.07, 6.45) is 7.58. The van der Waals surface area contributed by atoms with Crippen LogP contribution in [0.5, 0.6) is 0 Å². The molecular formula is C25H38N6O2. The van der Waals surface area contributed by atoms with Crippen molar-refractivity contribution in [1.29, 1.82) is 0 Å². The second kappa shape index (κ2) is 10.4. The van der Waals surface area contributed by atoms with Crippen LogP contribution in [0.2, 0.25) is 0 Å². The van der Waals surface area contributed by atoms with Crippen molar-refractivity contribution in [3.8, 4) is 0 Å². The van der Waals surface area contributed by atoms with Gasteiger partial charge in [0.2, 0.25) is 11.8 Å². The van der Waals surface area contributed by atoms with E-state index in [0.717, 1.165) is 95.7 Å². The molecule has 5 rings (SSSR count). The lowest BCUT2D eigenvalue weighted by Crippen LogP contribution is -2.55. The number of piperazine rings is 1. The monoisotopic (exact) mass is 454 g/mol. The molecule has 0 unspecified atom stereocenters. The van der Waals surface area contributed by atoms with Crippen molar-refractivity contribution in [3.63, 3.8) is 0 Å². The van der Waals surface area contributed by atoms with Gasteiger partial charge in [-0.1, -0.05) is 12.5 Å². The Hall–Kier alpha value is -2.19. The van der Waals surface area contributed by atoms with E-state index in [1.807, 2.05) is 11.0 Å². The Morgan fingerprint density at radius 1 is 1.03 bits per heavy atom. The molecular weight excluding hydrogens is 416 g/mol. The van der Waals surface area contributed by atoms with Gasteiger partial charge >= 0.3 is 0 Å². The fourth-order valence-electron chi connectivity index (χ4n) is 5.51. The van der Waals surface area contributed by atoms with Crippen LogP contribution in [0, 0.1) is 0 Å². The van der Waals surface area contributed by atoms with Crippen molar-refractivity contribution in [2.24, 2.45) is 0 Å². The zero-order valence-electron chi connectivity index (χ0n) is 19.8. The maximum Gasteiger partial charge on any atom is 0.236 e. The first kappa shape index (κ1) is 22.6. The van der Waals surface area contributed by atoms with Crippen molar-refractivity contribution in [1.82, 2.24) is 24.6 Å². The molecule has 180 valence electrons. The number of hydrogen-bond acceptors (Lipinski definition) is 6. The second-order valence-corrected chi connectivity index (χ2v) is 10.0. The van der Waals surface area contributed by atoms with Crippen LogP contribution in [0.4, 0.5) is 5.82 Å². The van der Waals surface area contributed by atoms with Gasteiger partial charge in [0.25, 0.3) is 0 Å². The van der Waals surface area contributed by atoms with E-state index in [2.05, 4.69) is 26.1 Å². The van der Waals surface area contributed by atoms with Gasteiger partial charge < -0.3 is 15.1 Å². The standard InChI is InChI=1S/C25H38N6O2/c32-24-6-2-11-30(24)12-3-10-26-23-8-7-20-18-28(13-9-22(20)27-23)19-25(33)31-16-14-29(15-17-31)21-4-1-5-21/h7-8,21H,1-6,9-19H2,(H,26,27). The highest BCUT2D eigenvalue weighted by Crippen LogP contribution is 2.25. The fourth-order valence-corrected chi connectivity index (χ4v) is 5.51. The van der Waals surface area contributed by atoms with E-state index >= 15 is 0 Å². The van der Waals surface area contributed by atoms with Crippen LogP contribution < -0.4 is 5.32 Å². The topological polar surface area (TPSA) is 72.0 Å². The van der Waals surface area contributed by atoms with Crippen LogP contribution in [0.3, 0.4) is 0 Å². The molecule has 0 aromatic carbocycles. The van der Waals surface area contributed by atoms with Crippen LogP contribution in [-0.2, 0) is 22.6 Å². The van der Waals surface area contributed by atoms with Gasteiger partial charge in [-0.2, -0.15) is 0 Å². The number of hydrogen-bond donors (Lipinski definition) is 1. The molecule has 0 atom stereocenters. The molecule has 4 heterocycles. The number of aromatic nitrogens is 1. The average molecular weight is 455 g/mol. The Morgan fingerprint density at radius 2 is 1.88 bits per heavy atom. The number of nitrogens with zero attached hydrogens (tertiary/aromatic N) is 5. The number of carbonyl (C=O) groups is 2. The van der Waals surface area contributed by atoms with Crippen molar-refractivity contribution in [3.05, 3.63) is 23.4 Å². The number of fused-ring (bicyclic) bond motifs is 1. The largest absolute Gasteiger partial charge is 0.370 e.